The van der Waals surface area contributed by atoms with Gasteiger partial charge in [-0.05, 0) is 80.5 Å². The van der Waals surface area contributed by atoms with E-state index < -0.39 is 21.8 Å². The van der Waals surface area contributed by atoms with Gasteiger partial charge in [-0.3, -0.25) is 14.9 Å². The normalized spacial score (nSPS) is 18.4. The molecule has 1 aromatic heterocycles. The third-order valence-electron chi connectivity index (χ3n) is 7.17. The van der Waals surface area contributed by atoms with Crippen molar-refractivity contribution in [2.45, 2.75) is 66.9 Å². The zero-order valence-corrected chi connectivity index (χ0v) is 23.9. The summed E-state index contributed by atoms with van der Waals surface area (Å²) in [7, 11) is -3.34. The molecule has 1 saturated heterocycles. The number of carbonyl (C=O) groups is 2. The van der Waals surface area contributed by atoms with Crippen LogP contribution in [0.25, 0.3) is 0 Å². The van der Waals surface area contributed by atoms with Gasteiger partial charge in [0.1, 0.15) is 5.75 Å². The fourth-order valence-electron chi connectivity index (χ4n) is 4.52. The molecule has 1 aliphatic heterocycles. The van der Waals surface area contributed by atoms with Gasteiger partial charge in [0, 0.05) is 24.8 Å². The molecule has 3 aromatic rings. The zero-order valence-electron chi connectivity index (χ0n) is 22.3. The summed E-state index contributed by atoms with van der Waals surface area (Å²) in [6, 6.07) is 13.5. The van der Waals surface area contributed by atoms with E-state index in [0.717, 1.165) is 24.2 Å². The van der Waals surface area contributed by atoms with Crippen molar-refractivity contribution in [3.05, 3.63) is 65.9 Å². The van der Waals surface area contributed by atoms with E-state index >= 15 is 0 Å². The molecule has 0 radical (unpaired) electrons. The van der Waals surface area contributed by atoms with E-state index in [1.54, 1.807) is 48.5 Å². The second kappa shape index (κ2) is 11.9. The van der Waals surface area contributed by atoms with Gasteiger partial charge in [-0.15, -0.1) is 0 Å². The monoisotopic (exact) mass is 597 g/mol. The minimum atomic E-state index is -3.34. The SMILES string of the molecule is O=C(NC1CC1)c1ccc(Oc2cnc(NC(=O)C(OC3CCOCC3)c3ccc(S(=O)(=O)C4CC4)cc3)s2)cc1. The van der Waals surface area contributed by atoms with Gasteiger partial charge in [-0.25, -0.2) is 13.4 Å². The number of sulfone groups is 1. The molecule has 2 aromatic carbocycles. The first-order valence-corrected chi connectivity index (χ1v) is 16.1. The summed E-state index contributed by atoms with van der Waals surface area (Å²) in [6.07, 6.45) is 5.13. The van der Waals surface area contributed by atoms with Crippen molar-refractivity contribution in [1.82, 2.24) is 10.3 Å². The lowest BCUT2D eigenvalue weighted by Crippen LogP contribution is -2.31. The molecule has 1 unspecified atom stereocenters. The molecular formula is C29H31N3O7S2. The smallest absolute Gasteiger partial charge is 0.259 e. The molecule has 2 N–H and O–H groups in total. The fourth-order valence-corrected chi connectivity index (χ4v) is 6.87. The lowest BCUT2D eigenvalue weighted by Gasteiger charge is -2.27. The number of aromatic nitrogens is 1. The molecule has 0 spiro atoms. The number of hydrogen-bond donors (Lipinski definition) is 2. The highest BCUT2D eigenvalue weighted by Crippen LogP contribution is 2.35. The summed E-state index contributed by atoms with van der Waals surface area (Å²) in [4.78, 5) is 30.2. The second-order valence-electron chi connectivity index (χ2n) is 10.5. The molecule has 1 atom stereocenters. The summed E-state index contributed by atoms with van der Waals surface area (Å²) in [5, 5.41) is 6.26. The van der Waals surface area contributed by atoms with Gasteiger partial charge in [-0.1, -0.05) is 23.5 Å². The van der Waals surface area contributed by atoms with E-state index in [-0.39, 0.29) is 28.2 Å². The minimum absolute atomic E-state index is 0.0986. The number of rotatable bonds is 11. The van der Waals surface area contributed by atoms with Crippen molar-refractivity contribution >= 4 is 38.1 Å². The molecule has 41 heavy (non-hydrogen) atoms. The van der Waals surface area contributed by atoms with Gasteiger partial charge >= 0.3 is 0 Å². The van der Waals surface area contributed by atoms with Gasteiger partial charge < -0.3 is 19.5 Å². The summed E-state index contributed by atoms with van der Waals surface area (Å²) >= 11 is 1.16. The Labute approximate surface area is 242 Å². The third kappa shape index (κ3) is 6.95. The van der Waals surface area contributed by atoms with Crippen molar-refractivity contribution in [1.29, 1.82) is 0 Å². The Hall–Kier alpha value is -3.32. The second-order valence-corrected chi connectivity index (χ2v) is 13.7. The summed E-state index contributed by atoms with van der Waals surface area (Å²) in [6.45, 7) is 1.11. The molecule has 2 aliphatic carbocycles. The van der Waals surface area contributed by atoms with Gasteiger partial charge in [0.15, 0.2) is 21.1 Å². The maximum Gasteiger partial charge on any atom is 0.259 e. The van der Waals surface area contributed by atoms with E-state index in [9.17, 15) is 18.0 Å². The Balaban J connectivity index is 1.12. The number of carbonyl (C=O) groups excluding carboxylic acids is 2. The maximum absolute atomic E-state index is 13.4. The predicted molar refractivity (Wildman–Crippen MR) is 152 cm³/mol. The molecular weight excluding hydrogens is 566 g/mol. The van der Waals surface area contributed by atoms with Crippen LogP contribution in [0.3, 0.4) is 0 Å². The van der Waals surface area contributed by atoms with Crippen LogP contribution in [0.4, 0.5) is 5.13 Å². The molecule has 2 saturated carbocycles. The van der Waals surface area contributed by atoms with Crippen LogP contribution in [0.1, 0.15) is 60.6 Å². The van der Waals surface area contributed by atoms with Crippen molar-refractivity contribution in [3.63, 3.8) is 0 Å². The minimum Gasteiger partial charge on any atom is -0.445 e. The lowest BCUT2D eigenvalue weighted by molar-refractivity contribution is -0.136. The van der Waals surface area contributed by atoms with Crippen LogP contribution in [0, 0.1) is 0 Å². The first kappa shape index (κ1) is 27.8. The van der Waals surface area contributed by atoms with Gasteiger partial charge in [-0.2, -0.15) is 0 Å². The van der Waals surface area contributed by atoms with Crippen molar-refractivity contribution in [3.8, 4) is 10.8 Å². The number of ether oxygens (including phenoxy) is 3. The molecule has 12 heteroatoms. The van der Waals surface area contributed by atoms with E-state index in [0.29, 0.717) is 66.0 Å². The zero-order chi connectivity index (χ0) is 28.4. The Kier molecular flexibility index (Phi) is 8.07. The van der Waals surface area contributed by atoms with Crippen LogP contribution in [-0.2, 0) is 24.1 Å². The molecule has 10 nitrogen and oxygen atoms in total. The number of hydrogen-bond acceptors (Lipinski definition) is 9. The molecule has 3 fully saturated rings. The van der Waals surface area contributed by atoms with Gasteiger partial charge in [0.25, 0.3) is 11.8 Å². The Bertz CT molecular complexity index is 1490. The molecule has 2 amide bonds. The quantitative estimate of drug-likeness (QED) is 0.327. The number of nitrogens with one attached hydrogen (secondary N) is 2. The number of amides is 2. The summed E-state index contributed by atoms with van der Waals surface area (Å²) in [5.74, 6) is 0.0243. The highest BCUT2D eigenvalue weighted by molar-refractivity contribution is 7.92. The predicted octanol–water partition coefficient (Wildman–Crippen LogP) is 4.64. The van der Waals surface area contributed by atoms with Gasteiger partial charge in [0.2, 0.25) is 5.06 Å². The fraction of sp³-hybridized carbons (Fsp3) is 0.414. The Morgan fingerprint density at radius 2 is 1.66 bits per heavy atom. The maximum atomic E-state index is 13.4. The van der Waals surface area contributed by atoms with E-state index in [1.165, 1.54) is 6.20 Å². The number of benzene rings is 2. The molecule has 0 bridgehead atoms. The first-order chi connectivity index (χ1) is 19.8. The first-order valence-electron chi connectivity index (χ1n) is 13.8. The van der Waals surface area contributed by atoms with Crippen molar-refractivity contribution < 1.29 is 32.2 Å². The summed E-state index contributed by atoms with van der Waals surface area (Å²) < 4.78 is 42.8. The third-order valence-corrected chi connectivity index (χ3v) is 10.2. The average molecular weight is 598 g/mol. The molecule has 3 aliphatic rings. The highest BCUT2D eigenvalue weighted by atomic mass is 32.2. The van der Waals surface area contributed by atoms with Crippen molar-refractivity contribution in [2.75, 3.05) is 18.5 Å². The molecule has 216 valence electrons. The number of anilines is 1. The van der Waals surface area contributed by atoms with E-state index in [1.807, 2.05) is 0 Å². The van der Waals surface area contributed by atoms with E-state index in [2.05, 4.69) is 15.6 Å². The topological polar surface area (TPSA) is 133 Å². The van der Waals surface area contributed by atoms with Crippen LogP contribution in [-0.4, -0.2) is 55.8 Å². The lowest BCUT2D eigenvalue weighted by atomic mass is 10.1. The largest absolute Gasteiger partial charge is 0.445 e. The summed E-state index contributed by atoms with van der Waals surface area (Å²) in [5.41, 5.74) is 1.12. The Morgan fingerprint density at radius 1 is 0.951 bits per heavy atom. The van der Waals surface area contributed by atoms with Crippen LogP contribution >= 0.6 is 11.3 Å². The van der Waals surface area contributed by atoms with Crippen LogP contribution in [0.2, 0.25) is 0 Å². The molecule has 2 heterocycles. The van der Waals surface area contributed by atoms with Crippen LogP contribution in [0.5, 0.6) is 10.8 Å². The average Bonchev–Trinajstić information content (AvgIpc) is 3.92. The van der Waals surface area contributed by atoms with Crippen molar-refractivity contribution in [2.24, 2.45) is 0 Å². The number of nitrogens with zero attached hydrogens (tertiary/aromatic N) is 1. The molecule has 6 rings (SSSR count). The van der Waals surface area contributed by atoms with Crippen LogP contribution < -0.4 is 15.4 Å². The van der Waals surface area contributed by atoms with E-state index in [4.69, 9.17) is 14.2 Å². The van der Waals surface area contributed by atoms with Gasteiger partial charge in [0.05, 0.1) is 22.4 Å². The Morgan fingerprint density at radius 3 is 2.32 bits per heavy atom. The number of thiazole rings is 1. The highest BCUT2D eigenvalue weighted by Gasteiger charge is 2.37. The van der Waals surface area contributed by atoms with Crippen LogP contribution in [0.15, 0.2) is 59.6 Å². The standard InChI is InChI=1S/C29H31N3O7S2/c33-27(31-20-5-6-20)19-1-7-21(8-2-19)38-25-17-30-29(40-25)32-28(34)26(39-22-13-15-37-16-14-22)18-3-9-23(10-4-18)41(35,36)24-11-12-24/h1-4,7-10,17,20,22,24,26H,5-6,11-16H2,(H,31,33)(H,30,32,34).